The van der Waals surface area contributed by atoms with Gasteiger partial charge in [-0.05, 0) is 43.7 Å². The van der Waals surface area contributed by atoms with Crippen molar-refractivity contribution in [1.82, 2.24) is 24.6 Å². The van der Waals surface area contributed by atoms with Crippen LogP contribution in [0.15, 0.2) is 82.8 Å². The lowest BCUT2D eigenvalue weighted by molar-refractivity contribution is -0.130. The van der Waals surface area contributed by atoms with Gasteiger partial charge in [0, 0.05) is 31.0 Å². The molecule has 3 heterocycles. The number of thioether (sulfide) groups is 1. The van der Waals surface area contributed by atoms with Gasteiger partial charge < -0.3 is 9.32 Å². The van der Waals surface area contributed by atoms with E-state index in [0.717, 1.165) is 16.9 Å². The van der Waals surface area contributed by atoms with E-state index in [1.807, 2.05) is 77.9 Å². The van der Waals surface area contributed by atoms with Crippen molar-refractivity contribution >= 4 is 17.7 Å². The second-order valence-electron chi connectivity index (χ2n) is 7.31. The number of hydrogen-bond donors (Lipinski definition) is 0. The molecule has 1 aromatic carbocycles. The Morgan fingerprint density at radius 2 is 1.97 bits per heavy atom. The van der Waals surface area contributed by atoms with Crippen LogP contribution in [0.1, 0.15) is 25.2 Å². The van der Waals surface area contributed by atoms with Crippen LogP contribution in [-0.2, 0) is 17.9 Å². The molecule has 1 unspecified atom stereocenters. The minimum atomic E-state index is -0.319. The molecule has 8 heteroatoms. The zero-order valence-corrected chi connectivity index (χ0v) is 18.9. The molecule has 0 N–H and O–H groups in total. The van der Waals surface area contributed by atoms with E-state index in [0.29, 0.717) is 30.6 Å². The Morgan fingerprint density at radius 3 is 2.66 bits per heavy atom. The molecule has 0 fully saturated rings. The average molecular weight is 448 g/mol. The van der Waals surface area contributed by atoms with Crippen LogP contribution in [0.5, 0.6) is 0 Å². The molecule has 1 atom stereocenters. The van der Waals surface area contributed by atoms with E-state index >= 15 is 0 Å². The molecule has 3 aromatic heterocycles. The van der Waals surface area contributed by atoms with Crippen molar-refractivity contribution in [3.8, 4) is 11.4 Å². The van der Waals surface area contributed by atoms with E-state index < -0.39 is 0 Å². The summed E-state index contributed by atoms with van der Waals surface area (Å²) in [5.74, 6) is 1.54. The predicted molar refractivity (Wildman–Crippen MR) is 124 cm³/mol. The molecule has 0 aliphatic carbocycles. The quantitative estimate of drug-likeness (QED) is 0.351. The van der Waals surface area contributed by atoms with Crippen LogP contribution in [0.3, 0.4) is 0 Å². The van der Waals surface area contributed by atoms with Crippen LogP contribution >= 0.6 is 11.8 Å². The monoisotopic (exact) mass is 447 g/mol. The molecule has 7 nitrogen and oxygen atoms in total. The molecule has 164 valence electrons. The van der Waals surface area contributed by atoms with Gasteiger partial charge in [0.1, 0.15) is 5.76 Å². The van der Waals surface area contributed by atoms with Gasteiger partial charge in [0.2, 0.25) is 5.91 Å². The minimum absolute atomic E-state index is 0.0665. The predicted octanol–water partition coefficient (Wildman–Crippen LogP) is 4.51. The van der Waals surface area contributed by atoms with E-state index in [-0.39, 0.29) is 11.2 Å². The molecule has 0 aliphatic rings. The average Bonchev–Trinajstić information content (AvgIpc) is 3.49. The Bertz CT molecular complexity index is 1130. The smallest absolute Gasteiger partial charge is 0.236 e. The maximum absolute atomic E-state index is 13.2. The number of amides is 1. The van der Waals surface area contributed by atoms with Crippen molar-refractivity contribution in [3.05, 3.63) is 84.6 Å². The van der Waals surface area contributed by atoms with Gasteiger partial charge in [0.25, 0.3) is 0 Å². The molecule has 0 saturated heterocycles. The number of furan rings is 1. The standard InChI is InChI=1S/C24H25N5O2S/c1-3-28(16-19-9-5-4-6-10-19)23(30)18(2)32-24-27-26-22(20-11-7-13-25-15-20)29(24)17-21-12-8-14-31-21/h4-15,18H,3,16-17H2,1-2H3. The lowest BCUT2D eigenvalue weighted by Gasteiger charge is -2.24. The van der Waals surface area contributed by atoms with Crippen LogP contribution in [0.2, 0.25) is 0 Å². The summed E-state index contributed by atoms with van der Waals surface area (Å²) >= 11 is 1.41. The van der Waals surface area contributed by atoms with Crippen molar-refractivity contribution in [2.45, 2.75) is 37.3 Å². The molecule has 1 amide bonds. The Labute approximate surface area is 191 Å². The van der Waals surface area contributed by atoms with Crippen molar-refractivity contribution < 1.29 is 9.21 Å². The Balaban J connectivity index is 1.56. The molecule has 4 aromatic rings. The van der Waals surface area contributed by atoms with Crippen LogP contribution in [0.4, 0.5) is 0 Å². The maximum atomic E-state index is 13.2. The SMILES string of the molecule is CCN(Cc1ccccc1)C(=O)C(C)Sc1nnc(-c2cccnc2)n1Cc1ccco1. The summed E-state index contributed by atoms with van der Waals surface area (Å²) < 4.78 is 7.52. The van der Waals surface area contributed by atoms with Gasteiger partial charge in [-0.15, -0.1) is 10.2 Å². The molecule has 0 aliphatic heterocycles. The highest BCUT2D eigenvalue weighted by Gasteiger charge is 2.25. The van der Waals surface area contributed by atoms with Crippen LogP contribution in [0, 0.1) is 0 Å². The number of benzene rings is 1. The zero-order valence-electron chi connectivity index (χ0n) is 18.1. The van der Waals surface area contributed by atoms with Gasteiger partial charge in [-0.25, -0.2) is 0 Å². The number of hydrogen-bond acceptors (Lipinski definition) is 6. The summed E-state index contributed by atoms with van der Waals surface area (Å²) in [5.41, 5.74) is 1.97. The van der Waals surface area contributed by atoms with E-state index in [1.54, 1.807) is 18.7 Å². The fourth-order valence-corrected chi connectivity index (χ4v) is 4.33. The van der Waals surface area contributed by atoms with Crippen molar-refractivity contribution in [2.75, 3.05) is 6.54 Å². The molecule has 0 radical (unpaired) electrons. The summed E-state index contributed by atoms with van der Waals surface area (Å²) in [6.45, 7) is 5.60. The topological polar surface area (TPSA) is 77.1 Å². The first kappa shape index (κ1) is 21.8. The largest absolute Gasteiger partial charge is 0.467 e. The molecule has 0 saturated carbocycles. The Morgan fingerprint density at radius 1 is 1.12 bits per heavy atom. The first-order valence-corrected chi connectivity index (χ1v) is 11.4. The highest BCUT2D eigenvalue weighted by atomic mass is 32.2. The third kappa shape index (κ3) is 5.08. The van der Waals surface area contributed by atoms with Gasteiger partial charge in [0.15, 0.2) is 11.0 Å². The molecule has 0 bridgehead atoms. The normalized spacial score (nSPS) is 11.9. The fraction of sp³-hybridized carbons (Fsp3) is 0.250. The first-order chi connectivity index (χ1) is 15.7. The second kappa shape index (κ2) is 10.3. The number of pyridine rings is 1. The number of carbonyl (C=O) groups excluding carboxylic acids is 1. The van der Waals surface area contributed by atoms with Crippen molar-refractivity contribution in [3.63, 3.8) is 0 Å². The highest BCUT2D eigenvalue weighted by molar-refractivity contribution is 8.00. The van der Waals surface area contributed by atoms with Gasteiger partial charge in [0.05, 0.1) is 18.1 Å². The zero-order chi connectivity index (χ0) is 22.3. The van der Waals surface area contributed by atoms with E-state index in [2.05, 4.69) is 15.2 Å². The fourth-order valence-electron chi connectivity index (χ4n) is 3.40. The molecular weight excluding hydrogens is 422 g/mol. The second-order valence-corrected chi connectivity index (χ2v) is 8.62. The van der Waals surface area contributed by atoms with E-state index in [1.165, 1.54) is 11.8 Å². The number of nitrogens with zero attached hydrogens (tertiary/aromatic N) is 5. The third-order valence-corrected chi connectivity index (χ3v) is 6.14. The molecule has 0 spiro atoms. The maximum Gasteiger partial charge on any atom is 0.236 e. The molecular formula is C24H25N5O2S. The summed E-state index contributed by atoms with van der Waals surface area (Å²) in [7, 11) is 0. The summed E-state index contributed by atoms with van der Waals surface area (Å²) in [4.78, 5) is 19.3. The minimum Gasteiger partial charge on any atom is -0.467 e. The molecule has 4 rings (SSSR count). The number of carbonyl (C=O) groups is 1. The Hall–Kier alpha value is -3.39. The van der Waals surface area contributed by atoms with E-state index in [9.17, 15) is 4.79 Å². The van der Waals surface area contributed by atoms with Crippen LogP contribution < -0.4 is 0 Å². The lowest BCUT2D eigenvalue weighted by atomic mass is 10.2. The van der Waals surface area contributed by atoms with Gasteiger partial charge in [-0.2, -0.15) is 0 Å². The number of rotatable bonds is 9. The Kier molecular flexibility index (Phi) is 7.01. The first-order valence-electron chi connectivity index (χ1n) is 10.5. The van der Waals surface area contributed by atoms with Gasteiger partial charge in [-0.1, -0.05) is 42.1 Å². The third-order valence-electron chi connectivity index (χ3n) is 5.07. The number of aromatic nitrogens is 4. The summed E-state index contributed by atoms with van der Waals surface area (Å²) in [6, 6.07) is 17.6. The lowest BCUT2D eigenvalue weighted by Crippen LogP contribution is -2.36. The van der Waals surface area contributed by atoms with Crippen LogP contribution in [-0.4, -0.2) is 42.4 Å². The van der Waals surface area contributed by atoms with Gasteiger partial charge in [-0.3, -0.25) is 14.3 Å². The summed E-state index contributed by atoms with van der Waals surface area (Å²) in [6.07, 6.45) is 5.12. The van der Waals surface area contributed by atoms with Crippen molar-refractivity contribution in [2.24, 2.45) is 0 Å². The molecule has 32 heavy (non-hydrogen) atoms. The van der Waals surface area contributed by atoms with Crippen LogP contribution in [0.25, 0.3) is 11.4 Å². The van der Waals surface area contributed by atoms with E-state index in [4.69, 9.17) is 4.42 Å². The van der Waals surface area contributed by atoms with Gasteiger partial charge >= 0.3 is 0 Å². The van der Waals surface area contributed by atoms with Crippen molar-refractivity contribution in [1.29, 1.82) is 0 Å². The highest BCUT2D eigenvalue weighted by Crippen LogP contribution is 2.28. The summed E-state index contributed by atoms with van der Waals surface area (Å²) in [5, 5.41) is 9.14.